The molecule has 0 amide bonds. The fourth-order valence-corrected chi connectivity index (χ4v) is 4.20. The van der Waals surface area contributed by atoms with Gasteiger partial charge >= 0.3 is 0 Å². The molecule has 1 N–H and O–H groups in total. The molecular weight excluding hydrogens is 288 g/mol. The Morgan fingerprint density at radius 3 is 3.00 bits per heavy atom. The van der Waals surface area contributed by atoms with Gasteiger partial charge in [-0.1, -0.05) is 6.07 Å². The number of pyridine rings is 1. The Bertz CT molecular complexity index is 767. The van der Waals surface area contributed by atoms with Gasteiger partial charge in [-0.2, -0.15) is 5.10 Å². The monoisotopic (exact) mass is 306 g/mol. The van der Waals surface area contributed by atoms with Crippen LogP contribution >= 0.6 is 0 Å². The predicted molar refractivity (Wildman–Crippen MR) is 78.3 cm³/mol. The number of fused-ring (bicyclic) bond motifs is 1. The van der Waals surface area contributed by atoms with E-state index in [4.69, 9.17) is 0 Å². The largest absolute Gasteiger partial charge is 0.275 e. The Morgan fingerprint density at radius 2 is 2.24 bits per heavy atom. The van der Waals surface area contributed by atoms with Gasteiger partial charge in [-0.15, -0.1) is 0 Å². The Labute approximate surface area is 124 Å². The molecule has 2 aromatic heterocycles. The van der Waals surface area contributed by atoms with Crippen molar-refractivity contribution >= 4 is 10.0 Å². The number of nitrogens with zero attached hydrogens (tertiary/aromatic N) is 3. The van der Waals surface area contributed by atoms with Crippen LogP contribution in [0.25, 0.3) is 0 Å². The minimum atomic E-state index is -3.58. The summed E-state index contributed by atoms with van der Waals surface area (Å²) in [7, 11) is -1.70. The van der Waals surface area contributed by atoms with Gasteiger partial charge in [0.15, 0.2) is 5.03 Å². The number of hydrogen-bond donors (Lipinski definition) is 1. The summed E-state index contributed by atoms with van der Waals surface area (Å²) in [5, 5.41) is 4.50. The summed E-state index contributed by atoms with van der Waals surface area (Å²) in [6.07, 6.45) is 5.75. The van der Waals surface area contributed by atoms with E-state index < -0.39 is 10.0 Å². The van der Waals surface area contributed by atoms with Crippen molar-refractivity contribution in [1.29, 1.82) is 0 Å². The Hall–Kier alpha value is -1.73. The van der Waals surface area contributed by atoms with Crippen LogP contribution in [-0.4, -0.2) is 29.2 Å². The third-order valence-electron chi connectivity index (χ3n) is 3.73. The molecule has 0 spiro atoms. The number of rotatable bonds is 3. The lowest BCUT2D eigenvalue weighted by Crippen LogP contribution is -2.39. The average molecular weight is 306 g/mol. The zero-order valence-electron chi connectivity index (χ0n) is 12.1. The lowest BCUT2D eigenvalue weighted by Gasteiger charge is -2.22. The Balaban J connectivity index is 1.80. The van der Waals surface area contributed by atoms with Crippen molar-refractivity contribution in [3.63, 3.8) is 0 Å². The maximum atomic E-state index is 12.4. The van der Waals surface area contributed by atoms with E-state index >= 15 is 0 Å². The van der Waals surface area contributed by atoms with Gasteiger partial charge in [0, 0.05) is 31.9 Å². The van der Waals surface area contributed by atoms with Gasteiger partial charge in [0.05, 0.1) is 5.69 Å². The third-order valence-corrected chi connectivity index (χ3v) is 5.31. The summed E-state index contributed by atoms with van der Waals surface area (Å²) in [6, 6.07) is 3.35. The minimum Gasteiger partial charge on any atom is -0.275 e. The van der Waals surface area contributed by atoms with E-state index in [0.29, 0.717) is 12.0 Å². The summed E-state index contributed by atoms with van der Waals surface area (Å²) < 4.78 is 29.4. The van der Waals surface area contributed by atoms with Gasteiger partial charge < -0.3 is 0 Å². The zero-order chi connectivity index (χ0) is 15.0. The van der Waals surface area contributed by atoms with E-state index in [1.807, 2.05) is 13.2 Å². The molecule has 1 unspecified atom stereocenters. The van der Waals surface area contributed by atoms with E-state index in [1.54, 1.807) is 23.7 Å². The van der Waals surface area contributed by atoms with Crippen LogP contribution in [0.5, 0.6) is 0 Å². The molecule has 0 fully saturated rings. The van der Waals surface area contributed by atoms with Crippen LogP contribution in [0.4, 0.5) is 0 Å². The lowest BCUT2D eigenvalue weighted by atomic mass is 9.95. The Kier molecular flexibility index (Phi) is 3.54. The van der Waals surface area contributed by atoms with Gasteiger partial charge in [0.1, 0.15) is 0 Å². The van der Waals surface area contributed by atoms with Gasteiger partial charge in [0.2, 0.25) is 0 Å². The fraction of sp³-hybridized carbons (Fsp3) is 0.429. The lowest BCUT2D eigenvalue weighted by molar-refractivity contribution is 0.500. The van der Waals surface area contributed by atoms with Crippen LogP contribution in [0.1, 0.15) is 23.2 Å². The van der Waals surface area contributed by atoms with Crippen molar-refractivity contribution in [2.45, 2.75) is 37.3 Å². The van der Waals surface area contributed by atoms with E-state index in [9.17, 15) is 8.42 Å². The van der Waals surface area contributed by atoms with Crippen LogP contribution in [-0.2, 0) is 29.9 Å². The van der Waals surface area contributed by atoms with Crippen LogP contribution in [0, 0.1) is 6.92 Å². The van der Waals surface area contributed by atoms with Crippen LogP contribution in [0.15, 0.2) is 29.6 Å². The summed E-state index contributed by atoms with van der Waals surface area (Å²) in [4.78, 5) is 3.99. The van der Waals surface area contributed by atoms with Crippen molar-refractivity contribution in [2.24, 2.45) is 7.05 Å². The van der Waals surface area contributed by atoms with Crippen molar-refractivity contribution in [3.8, 4) is 0 Å². The summed E-state index contributed by atoms with van der Waals surface area (Å²) in [5.41, 5.74) is 2.84. The first-order chi connectivity index (χ1) is 9.95. The standard InChI is InChI=1S/C14H18N4O2S/c1-10-4-3-7-15-14(10)21(19,20)17-12-6-5-11-9-18(2)16-13(11)8-12/h3-4,7,9,12,17H,5-6,8H2,1-2H3. The molecular formula is C14H18N4O2S. The van der Waals surface area contributed by atoms with Gasteiger partial charge in [-0.05, 0) is 37.0 Å². The average Bonchev–Trinajstić information content (AvgIpc) is 2.78. The molecule has 21 heavy (non-hydrogen) atoms. The molecule has 0 saturated heterocycles. The smallest absolute Gasteiger partial charge is 0.258 e. The molecule has 0 aromatic carbocycles. The Morgan fingerprint density at radius 1 is 1.43 bits per heavy atom. The maximum Gasteiger partial charge on any atom is 0.258 e. The molecule has 112 valence electrons. The number of aromatic nitrogens is 3. The molecule has 2 heterocycles. The number of nitrogens with one attached hydrogen (secondary N) is 1. The molecule has 0 bridgehead atoms. The minimum absolute atomic E-state index is 0.108. The van der Waals surface area contributed by atoms with Crippen LogP contribution in [0.2, 0.25) is 0 Å². The fourth-order valence-electron chi connectivity index (χ4n) is 2.76. The molecule has 1 aliphatic rings. The second-order valence-electron chi connectivity index (χ2n) is 5.46. The van der Waals surface area contributed by atoms with Crippen LogP contribution in [0.3, 0.4) is 0 Å². The second kappa shape index (κ2) is 5.23. The SMILES string of the molecule is Cc1cccnc1S(=O)(=O)NC1CCc2cn(C)nc2C1. The molecule has 0 saturated carbocycles. The third kappa shape index (κ3) is 2.84. The van der Waals surface area contributed by atoms with E-state index in [2.05, 4.69) is 14.8 Å². The van der Waals surface area contributed by atoms with Crippen molar-refractivity contribution in [1.82, 2.24) is 19.5 Å². The highest BCUT2D eigenvalue weighted by molar-refractivity contribution is 7.89. The van der Waals surface area contributed by atoms with Gasteiger partial charge in [-0.25, -0.2) is 18.1 Å². The first-order valence-corrected chi connectivity index (χ1v) is 8.39. The van der Waals surface area contributed by atoms with Gasteiger partial charge in [0.25, 0.3) is 10.0 Å². The first-order valence-electron chi connectivity index (χ1n) is 6.91. The highest BCUT2D eigenvalue weighted by Crippen LogP contribution is 2.21. The van der Waals surface area contributed by atoms with E-state index in [1.165, 1.54) is 11.8 Å². The van der Waals surface area contributed by atoms with Crippen molar-refractivity contribution in [3.05, 3.63) is 41.3 Å². The molecule has 6 nitrogen and oxygen atoms in total. The first kappa shape index (κ1) is 14.2. The zero-order valence-corrected chi connectivity index (χ0v) is 12.9. The van der Waals surface area contributed by atoms with Crippen molar-refractivity contribution in [2.75, 3.05) is 0 Å². The number of sulfonamides is 1. The molecule has 0 radical (unpaired) electrons. The highest BCUT2D eigenvalue weighted by Gasteiger charge is 2.27. The van der Waals surface area contributed by atoms with Crippen molar-refractivity contribution < 1.29 is 8.42 Å². The number of hydrogen-bond acceptors (Lipinski definition) is 4. The van der Waals surface area contributed by atoms with Gasteiger partial charge in [-0.3, -0.25) is 4.68 Å². The van der Waals surface area contributed by atoms with Crippen LogP contribution < -0.4 is 4.72 Å². The summed E-state index contributed by atoms with van der Waals surface area (Å²) in [6.45, 7) is 1.75. The van der Waals surface area contributed by atoms with E-state index in [-0.39, 0.29) is 11.1 Å². The molecule has 1 atom stereocenters. The topological polar surface area (TPSA) is 76.9 Å². The predicted octanol–water partition coefficient (Wildman–Crippen LogP) is 0.959. The highest BCUT2D eigenvalue weighted by atomic mass is 32.2. The quantitative estimate of drug-likeness (QED) is 0.916. The molecule has 1 aliphatic carbocycles. The summed E-state index contributed by atoms with van der Waals surface area (Å²) >= 11 is 0. The maximum absolute atomic E-state index is 12.4. The normalized spacial score (nSPS) is 18.5. The second-order valence-corrected chi connectivity index (χ2v) is 7.09. The molecule has 2 aromatic rings. The molecule has 7 heteroatoms. The molecule has 0 aliphatic heterocycles. The number of aryl methyl sites for hydroxylation is 3. The summed E-state index contributed by atoms with van der Waals surface area (Å²) in [5.74, 6) is 0. The van der Waals surface area contributed by atoms with E-state index in [0.717, 1.165) is 18.5 Å². The molecule has 3 rings (SSSR count).